The van der Waals surface area contributed by atoms with E-state index >= 15 is 0 Å². The lowest BCUT2D eigenvalue weighted by Crippen LogP contribution is -1.88. The molecule has 1 N–H and O–H groups in total. The molecule has 0 aromatic rings. The normalized spacial score (nSPS) is 11.4. The fraction of sp³-hybridized carbons (Fsp3) is 0.867. The van der Waals surface area contributed by atoms with Crippen molar-refractivity contribution in [2.75, 3.05) is 6.61 Å². The van der Waals surface area contributed by atoms with E-state index in [1.165, 1.54) is 64.2 Å². The Kier molecular flexibility index (Phi) is 15.3. The van der Waals surface area contributed by atoms with E-state index in [1.54, 1.807) is 0 Å². The third-order valence-electron chi connectivity index (χ3n) is 3.00. The number of hydrogen-bond acceptors (Lipinski definition) is 2. The van der Waals surface area contributed by atoms with E-state index in [0.717, 1.165) is 6.42 Å². The topological polar surface area (TPSA) is 29.5 Å². The maximum atomic E-state index is 8.13. The van der Waals surface area contributed by atoms with Crippen LogP contribution in [0.1, 0.15) is 77.6 Å². The van der Waals surface area contributed by atoms with Crippen LogP contribution in [-0.2, 0) is 4.89 Å². The minimum atomic E-state index is 0.484. The van der Waals surface area contributed by atoms with Crippen molar-refractivity contribution in [2.45, 2.75) is 77.6 Å². The molecule has 0 fully saturated rings. The van der Waals surface area contributed by atoms with E-state index in [-0.39, 0.29) is 0 Å². The number of unbranched alkanes of at least 4 members (excludes halogenated alkanes) is 9. The summed E-state index contributed by atoms with van der Waals surface area (Å²) in [6, 6.07) is 0. The van der Waals surface area contributed by atoms with Crippen molar-refractivity contribution >= 4 is 0 Å². The standard InChI is InChI=1S/C15H30O2/c1-2-3-4-5-6-7-8-9-10-11-12-13-14-15-17-16/h7-8,16H,2-6,9-15H2,1H3. The molecule has 0 aliphatic rings. The summed E-state index contributed by atoms with van der Waals surface area (Å²) in [5, 5.41) is 8.13. The summed E-state index contributed by atoms with van der Waals surface area (Å²) in [5.41, 5.74) is 0. The van der Waals surface area contributed by atoms with Crippen LogP contribution in [0.15, 0.2) is 12.2 Å². The van der Waals surface area contributed by atoms with Crippen LogP contribution in [-0.4, -0.2) is 11.9 Å². The van der Waals surface area contributed by atoms with Gasteiger partial charge in [0.15, 0.2) is 0 Å². The molecule has 0 aliphatic carbocycles. The second kappa shape index (κ2) is 15.7. The van der Waals surface area contributed by atoms with Gasteiger partial charge >= 0.3 is 0 Å². The minimum absolute atomic E-state index is 0.484. The fourth-order valence-corrected chi connectivity index (χ4v) is 1.88. The van der Waals surface area contributed by atoms with Crippen molar-refractivity contribution in [3.63, 3.8) is 0 Å². The highest BCUT2D eigenvalue weighted by molar-refractivity contribution is 4.81. The van der Waals surface area contributed by atoms with Gasteiger partial charge in [0.25, 0.3) is 0 Å². The third-order valence-corrected chi connectivity index (χ3v) is 3.00. The summed E-state index contributed by atoms with van der Waals surface area (Å²) in [6.45, 7) is 2.74. The van der Waals surface area contributed by atoms with Crippen LogP contribution in [0.5, 0.6) is 0 Å². The Morgan fingerprint density at radius 2 is 1.29 bits per heavy atom. The zero-order valence-electron chi connectivity index (χ0n) is 11.5. The summed E-state index contributed by atoms with van der Waals surface area (Å²) in [7, 11) is 0. The van der Waals surface area contributed by atoms with Gasteiger partial charge in [0.2, 0.25) is 0 Å². The minimum Gasteiger partial charge on any atom is -0.252 e. The Balaban J connectivity index is 2.99. The summed E-state index contributed by atoms with van der Waals surface area (Å²) in [5.74, 6) is 0. The molecular formula is C15H30O2. The summed E-state index contributed by atoms with van der Waals surface area (Å²) < 4.78 is 0. The average molecular weight is 242 g/mol. The second-order valence-corrected chi connectivity index (χ2v) is 4.71. The Hall–Kier alpha value is -0.340. The number of rotatable bonds is 13. The summed E-state index contributed by atoms with van der Waals surface area (Å²) in [6.07, 6.45) is 18.6. The van der Waals surface area contributed by atoms with E-state index < -0.39 is 0 Å². The highest BCUT2D eigenvalue weighted by Crippen LogP contribution is 2.07. The second-order valence-electron chi connectivity index (χ2n) is 4.71. The van der Waals surface area contributed by atoms with E-state index in [9.17, 15) is 0 Å². The molecule has 0 saturated carbocycles. The van der Waals surface area contributed by atoms with Gasteiger partial charge in [-0.3, -0.25) is 5.26 Å². The fourth-order valence-electron chi connectivity index (χ4n) is 1.88. The van der Waals surface area contributed by atoms with Gasteiger partial charge < -0.3 is 0 Å². The van der Waals surface area contributed by atoms with Crippen LogP contribution in [0.4, 0.5) is 0 Å². The van der Waals surface area contributed by atoms with Gasteiger partial charge in [-0.2, -0.15) is 0 Å². The largest absolute Gasteiger partial charge is 0.252 e. The molecule has 0 spiro atoms. The van der Waals surface area contributed by atoms with Gasteiger partial charge in [-0.1, -0.05) is 57.6 Å². The molecule has 0 saturated heterocycles. The van der Waals surface area contributed by atoms with E-state index in [4.69, 9.17) is 5.26 Å². The predicted octanol–water partition coefficient (Wildman–Crippen LogP) is 5.34. The molecule has 0 unspecified atom stereocenters. The summed E-state index contributed by atoms with van der Waals surface area (Å²) >= 11 is 0. The van der Waals surface area contributed by atoms with Crippen LogP contribution in [0.25, 0.3) is 0 Å². The van der Waals surface area contributed by atoms with Crippen molar-refractivity contribution < 1.29 is 10.1 Å². The monoisotopic (exact) mass is 242 g/mol. The third kappa shape index (κ3) is 15.7. The highest BCUT2D eigenvalue weighted by Gasteiger charge is 1.90. The van der Waals surface area contributed by atoms with Gasteiger partial charge in [0.1, 0.15) is 0 Å². The lowest BCUT2D eigenvalue weighted by molar-refractivity contribution is -0.242. The van der Waals surface area contributed by atoms with E-state index in [1.807, 2.05) is 0 Å². The number of allylic oxidation sites excluding steroid dienone is 2. The zero-order chi connectivity index (χ0) is 12.6. The van der Waals surface area contributed by atoms with Crippen molar-refractivity contribution in [1.82, 2.24) is 0 Å². The summed E-state index contributed by atoms with van der Waals surface area (Å²) in [4.78, 5) is 4.03. The van der Waals surface area contributed by atoms with Crippen molar-refractivity contribution in [3.8, 4) is 0 Å². The van der Waals surface area contributed by atoms with Gasteiger partial charge in [-0.25, -0.2) is 4.89 Å². The van der Waals surface area contributed by atoms with Crippen molar-refractivity contribution in [2.24, 2.45) is 0 Å². The Bertz CT molecular complexity index is 155. The predicted molar refractivity (Wildman–Crippen MR) is 74.2 cm³/mol. The van der Waals surface area contributed by atoms with Gasteiger partial charge in [-0.05, 0) is 32.1 Å². The van der Waals surface area contributed by atoms with Crippen molar-refractivity contribution in [1.29, 1.82) is 0 Å². The molecule has 0 amide bonds. The zero-order valence-corrected chi connectivity index (χ0v) is 11.5. The van der Waals surface area contributed by atoms with Crippen LogP contribution >= 0.6 is 0 Å². The van der Waals surface area contributed by atoms with Gasteiger partial charge in [0, 0.05) is 0 Å². The molecule has 0 rings (SSSR count). The molecule has 0 atom stereocenters. The molecule has 0 aromatic heterocycles. The van der Waals surface area contributed by atoms with Crippen LogP contribution < -0.4 is 0 Å². The van der Waals surface area contributed by atoms with E-state index in [2.05, 4.69) is 24.0 Å². The first kappa shape index (κ1) is 16.7. The molecule has 2 heteroatoms. The van der Waals surface area contributed by atoms with Gasteiger partial charge in [-0.15, -0.1) is 0 Å². The number of hydrogen-bond donors (Lipinski definition) is 1. The molecule has 0 bridgehead atoms. The van der Waals surface area contributed by atoms with Crippen LogP contribution in [0.2, 0.25) is 0 Å². The SMILES string of the molecule is CCCCCCC=CCCCCCCCOO. The molecule has 102 valence electrons. The van der Waals surface area contributed by atoms with Gasteiger partial charge in [0.05, 0.1) is 6.61 Å². The smallest absolute Gasteiger partial charge is 0.0819 e. The average Bonchev–Trinajstić information content (AvgIpc) is 2.35. The Morgan fingerprint density at radius 3 is 1.88 bits per heavy atom. The maximum Gasteiger partial charge on any atom is 0.0819 e. The lowest BCUT2D eigenvalue weighted by Gasteiger charge is -1.98. The first-order valence-electron chi connectivity index (χ1n) is 7.33. The quantitative estimate of drug-likeness (QED) is 0.204. The maximum absolute atomic E-state index is 8.13. The Labute approximate surface area is 107 Å². The van der Waals surface area contributed by atoms with Crippen LogP contribution in [0, 0.1) is 0 Å². The lowest BCUT2D eigenvalue weighted by atomic mass is 10.1. The molecule has 0 aromatic carbocycles. The first-order chi connectivity index (χ1) is 8.41. The molecule has 0 heterocycles. The van der Waals surface area contributed by atoms with Crippen LogP contribution in [0.3, 0.4) is 0 Å². The Morgan fingerprint density at radius 1 is 0.765 bits per heavy atom. The molecule has 17 heavy (non-hydrogen) atoms. The highest BCUT2D eigenvalue weighted by atomic mass is 17.1. The first-order valence-corrected chi connectivity index (χ1v) is 7.33. The van der Waals surface area contributed by atoms with E-state index in [0.29, 0.717) is 6.61 Å². The molecule has 0 aliphatic heterocycles. The molecular weight excluding hydrogens is 212 g/mol. The van der Waals surface area contributed by atoms with Crippen molar-refractivity contribution in [3.05, 3.63) is 12.2 Å². The molecule has 0 radical (unpaired) electrons. The molecule has 2 nitrogen and oxygen atoms in total.